The van der Waals surface area contributed by atoms with E-state index in [2.05, 4.69) is 32.6 Å². The highest BCUT2D eigenvalue weighted by Crippen LogP contribution is 2.29. The molecule has 12 nitrogen and oxygen atoms in total. The second-order valence-corrected chi connectivity index (χ2v) is 12.4. The number of morpholine rings is 1. The largest absolute Gasteiger partial charge is 0.382 e. The number of epoxide rings is 1. The lowest BCUT2D eigenvalue weighted by Crippen LogP contribution is -2.57. The Morgan fingerprint density at radius 3 is 2.21 bits per heavy atom. The Hall–Kier alpha value is -4.36. The number of aryl methyl sites for hydroxylation is 1. The molecule has 0 radical (unpaired) electrons. The molecule has 0 aliphatic carbocycles. The molecule has 2 aliphatic rings. The number of aromatic nitrogens is 1. The first-order valence-electron chi connectivity index (χ1n) is 16.3. The maximum Gasteiger partial charge on any atom is 0.245 e. The van der Waals surface area contributed by atoms with Crippen molar-refractivity contribution in [3.8, 4) is 0 Å². The molecule has 3 N–H and O–H groups in total. The van der Waals surface area contributed by atoms with Crippen LogP contribution in [0.4, 0.5) is 0 Å². The normalized spacial score (nSPS) is 19.5. The lowest BCUT2D eigenvalue weighted by Gasteiger charge is -2.26. The lowest BCUT2D eigenvalue weighted by atomic mass is 9.94. The van der Waals surface area contributed by atoms with Crippen molar-refractivity contribution in [2.24, 2.45) is 0 Å². The Morgan fingerprint density at radius 1 is 0.938 bits per heavy atom. The van der Waals surface area contributed by atoms with Gasteiger partial charge in [-0.25, -0.2) is 0 Å². The number of Topliss-reactive ketones (excluding diaryl/α,β-unsaturated/α-hetero) is 1. The Labute approximate surface area is 281 Å². The summed E-state index contributed by atoms with van der Waals surface area (Å²) in [6.07, 6.45) is 1.28. The van der Waals surface area contributed by atoms with Crippen LogP contribution in [0.25, 0.3) is 5.70 Å². The minimum absolute atomic E-state index is 0.0991. The maximum atomic E-state index is 13.9. The average Bonchev–Trinajstić information content (AvgIpc) is 3.69. The first-order chi connectivity index (χ1) is 23.2. The molecule has 0 bridgehead atoms. The molecule has 0 spiro atoms. The Morgan fingerprint density at radius 2 is 1.56 bits per heavy atom. The van der Waals surface area contributed by atoms with E-state index in [4.69, 9.17) is 18.7 Å². The molecular formula is C36H45N5O7. The van der Waals surface area contributed by atoms with Crippen LogP contribution in [0, 0.1) is 0 Å². The smallest absolute Gasteiger partial charge is 0.245 e. The molecule has 3 heterocycles. The highest BCUT2D eigenvalue weighted by Gasteiger charge is 2.50. The summed E-state index contributed by atoms with van der Waals surface area (Å²) in [4.78, 5) is 43.1. The lowest BCUT2D eigenvalue weighted by molar-refractivity contribution is -0.134. The topological polar surface area (TPSA) is 148 Å². The van der Waals surface area contributed by atoms with E-state index in [1.165, 1.54) is 7.11 Å². The van der Waals surface area contributed by atoms with Gasteiger partial charge in [0.25, 0.3) is 0 Å². The third-order valence-corrected chi connectivity index (χ3v) is 8.56. The van der Waals surface area contributed by atoms with E-state index in [0.29, 0.717) is 56.4 Å². The third-order valence-electron chi connectivity index (χ3n) is 8.56. The van der Waals surface area contributed by atoms with Gasteiger partial charge in [-0.3, -0.25) is 19.3 Å². The van der Waals surface area contributed by atoms with Crippen LogP contribution in [-0.4, -0.2) is 98.0 Å². The zero-order valence-electron chi connectivity index (χ0n) is 27.6. The van der Waals surface area contributed by atoms with Crippen molar-refractivity contribution < 1.29 is 33.1 Å². The van der Waals surface area contributed by atoms with Crippen LogP contribution in [0.2, 0.25) is 0 Å². The van der Waals surface area contributed by atoms with Gasteiger partial charge < -0.3 is 34.7 Å². The molecule has 2 aromatic carbocycles. The molecule has 1 aromatic heterocycles. The number of hydrogen-bond donors (Lipinski definition) is 3. The Balaban J connectivity index is 1.27. The fraction of sp³-hybridized carbons (Fsp3) is 0.444. The molecule has 2 saturated heterocycles. The zero-order valence-corrected chi connectivity index (χ0v) is 27.6. The Bertz CT molecular complexity index is 1520. The number of amides is 2. The number of methoxy groups -OCH3 is 1. The summed E-state index contributed by atoms with van der Waals surface area (Å²) in [6, 6.07) is 18.4. The Kier molecular flexibility index (Phi) is 12.1. The molecule has 4 atom stereocenters. The summed E-state index contributed by atoms with van der Waals surface area (Å²) in [5, 5.41) is 13.1. The number of ether oxygens (including phenoxy) is 3. The standard InChI is InChI=1S/C36H45N5O7/c1-25(30-21-28(48-40-30)22-41-16-18-46-19-17-41)37-29(15-14-26-10-6-4-7-11-26)34(43)39-32(23-45-3)35(44)38-31(33(42)36(2)24-47-36)20-27-12-8-5-9-13-27/h4-13,21,29,31-32,37H,1,14-20,22-24H2,2-3H3,(H,38,44)(H,39,43)/t29-,31?,32-,36+/m0/s1. The zero-order chi connectivity index (χ0) is 33.9. The number of carbonyl (C=O) groups is 3. The second kappa shape index (κ2) is 16.6. The van der Waals surface area contributed by atoms with Crippen LogP contribution >= 0.6 is 0 Å². The van der Waals surface area contributed by atoms with Crippen molar-refractivity contribution in [3.63, 3.8) is 0 Å². The van der Waals surface area contributed by atoms with Crippen molar-refractivity contribution in [2.45, 2.75) is 56.5 Å². The highest BCUT2D eigenvalue weighted by atomic mass is 16.6. The van der Waals surface area contributed by atoms with Gasteiger partial charge in [0, 0.05) is 26.3 Å². The summed E-state index contributed by atoms with van der Waals surface area (Å²) >= 11 is 0. The van der Waals surface area contributed by atoms with E-state index in [0.717, 1.165) is 24.2 Å². The van der Waals surface area contributed by atoms with Gasteiger partial charge in [0.1, 0.15) is 23.4 Å². The van der Waals surface area contributed by atoms with Gasteiger partial charge in [0.15, 0.2) is 11.5 Å². The van der Waals surface area contributed by atoms with Crippen LogP contribution in [-0.2, 0) is 48.0 Å². The molecular weight excluding hydrogens is 614 g/mol. The minimum atomic E-state index is -1.07. The first-order valence-corrected chi connectivity index (χ1v) is 16.3. The number of carbonyl (C=O) groups excluding carboxylic acids is 3. The highest BCUT2D eigenvalue weighted by molar-refractivity contribution is 5.98. The van der Waals surface area contributed by atoms with E-state index in [9.17, 15) is 14.4 Å². The van der Waals surface area contributed by atoms with Gasteiger partial charge in [-0.2, -0.15) is 0 Å². The SMILES string of the molecule is C=C(N[C@@H](CCc1ccccc1)C(=O)N[C@@H](COC)C(=O)NC(Cc1ccccc1)C(=O)[C@@]1(C)CO1)c1cc(CN2CCOCC2)on1. The van der Waals surface area contributed by atoms with E-state index < -0.39 is 35.5 Å². The molecule has 2 amide bonds. The summed E-state index contributed by atoms with van der Waals surface area (Å²) < 4.78 is 21.7. The third kappa shape index (κ3) is 9.83. The molecule has 2 aliphatic heterocycles. The second-order valence-electron chi connectivity index (χ2n) is 12.4. The van der Waals surface area contributed by atoms with Crippen LogP contribution in [0.3, 0.4) is 0 Å². The molecule has 1 unspecified atom stereocenters. The van der Waals surface area contributed by atoms with Crippen molar-refractivity contribution in [2.75, 3.05) is 46.6 Å². The quantitative estimate of drug-likeness (QED) is 0.174. The number of ketones is 1. The molecule has 5 rings (SSSR count). The van der Waals surface area contributed by atoms with Gasteiger partial charge in [0.2, 0.25) is 11.8 Å². The number of hydrogen-bond acceptors (Lipinski definition) is 10. The summed E-state index contributed by atoms with van der Waals surface area (Å²) in [7, 11) is 1.45. The summed E-state index contributed by atoms with van der Waals surface area (Å²) in [5.74, 6) is -0.498. The predicted octanol–water partition coefficient (Wildman–Crippen LogP) is 2.29. The van der Waals surface area contributed by atoms with Gasteiger partial charge in [0.05, 0.1) is 44.7 Å². The fourth-order valence-electron chi connectivity index (χ4n) is 5.59. The van der Waals surface area contributed by atoms with Gasteiger partial charge in [-0.05, 0) is 37.3 Å². The van der Waals surface area contributed by atoms with Gasteiger partial charge in [-0.15, -0.1) is 0 Å². The van der Waals surface area contributed by atoms with E-state index >= 15 is 0 Å². The molecule has 12 heteroatoms. The van der Waals surface area contributed by atoms with Gasteiger partial charge >= 0.3 is 0 Å². The summed E-state index contributed by atoms with van der Waals surface area (Å²) in [5.41, 5.74) is 1.90. The van der Waals surface area contributed by atoms with Crippen LogP contribution in [0.1, 0.15) is 35.9 Å². The molecule has 256 valence electrons. The van der Waals surface area contributed by atoms with E-state index in [-0.39, 0.29) is 18.8 Å². The van der Waals surface area contributed by atoms with Crippen molar-refractivity contribution in [3.05, 3.63) is 95.9 Å². The van der Waals surface area contributed by atoms with Crippen LogP contribution < -0.4 is 16.0 Å². The molecule has 48 heavy (non-hydrogen) atoms. The first kappa shape index (κ1) is 35.0. The van der Waals surface area contributed by atoms with Crippen LogP contribution in [0.5, 0.6) is 0 Å². The average molecular weight is 660 g/mol. The van der Waals surface area contributed by atoms with Crippen molar-refractivity contribution in [1.29, 1.82) is 0 Å². The van der Waals surface area contributed by atoms with Crippen LogP contribution in [0.15, 0.2) is 77.8 Å². The molecule has 2 fully saturated rings. The predicted molar refractivity (Wildman–Crippen MR) is 179 cm³/mol. The number of benzene rings is 2. The van der Waals surface area contributed by atoms with E-state index in [1.54, 1.807) is 6.92 Å². The fourth-order valence-corrected chi connectivity index (χ4v) is 5.59. The number of rotatable bonds is 18. The summed E-state index contributed by atoms with van der Waals surface area (Å²) in [6.45, 7) is 9.60. The van der Waals surface area contributed by atoms with E-state index in [1.807, 2.05) is 66.7 Å². The number of nitrogens with one attached hydrogen (secondary N) is 3. The van der Waals surface area contributed by atoms with Gasteiger partial charge in [-0.1, -0.05) is 72.4 Å². The monoisotopic (exact) mass is 659 g/mol. The minimum Gasteiger partial charge on any atom is -0.382 e. The van der Waals surface area contributed by atoms with Crippen molar-refractivity contribution >= 4 is 23.3 Å². The molecule has 3 aromatic rings. The van der Waals surface area contributed by atoms with Crippen molar-refractivity contribution in [1.82, 2.24) is 26.0 Å². The number of nitrogens with zero attached hydrogens (tertiary/aromatic N) is 2. The maximum absolute atomic E-state index is 13.9. The molecule has 0 saturated carbocycles.